The van der Waals surface area contributed by atoms with Gasteiger partial charge in [-0.1, -0.05) is 30.3 Å². The van der Waals surface area contributed by atoms with Crippen LogP contribution in [0.1, 0.15) is 26.3 Å². The zero-order chi connectivity index (χ0) is 14.5. The molecule has 1 radical (unpaired) electrons. The lowest BCUT2D eigenvalue weighted by molar-refractivity contribution is 0.0453. The number of nitrogens with one attached hydrogen (secondary N) is 1. The summed E-state index contributed by atoms with van der Waals surface area (Å²) < 4.78 is 5.17. The normalized spacial score (nSPS) is 14.6. The van der Waals surface area contributed by atoms with Gasteiger partial charge in [0, 0.05) is 0 Å². The van der Waals surface area contributed by atoms with Gasteiger partial charge < -0.3 is 15.2 Å². The van der Waals surface area contributed by atoms with Crippen LogP contribution in [0.3, 0.4) is 0 Å². The summed E-state index contributed by atoms with van der Waals surface area (Å²) in [5, 5.41) is 12.3. The molecule has 4 heteroatoms. The number of amides is 1. The summed E-state index contributed by atoms with van der Waals surface area (Å²) in [4.78, 5) is 11.7. The van der Waals surface area contributed by atoms with E-state index in [0.29, 0.717) is 6.42 Å². The highest BCUT2D eigenvalue weighted by Crippen LogP contribution is 2.09. The number of rotatable bonds is 4. The Hall–Kier alpha value is -1.55. The van der Waals surface area contributed by atoms with Gasteiger partial charge in [0.2, 0.25) is 0 Å². The lowest BCUT2D eigenvalue weighted by Crippen LogP contribution is -2.45. The molecule has 0 bridgehead atoms. The molecule has 1 amide bonds. The third-order valence-corrected chi connectivity index (χ3v) is 2.47. The first-order valence-electron chi connectivity index (χ1n) is 6.32. The average Bonchev–Trinajstić information content (AvgIpc) is 2.26. The number of hydrogen-bond acceptors (Lipinski definition) is 3. The lowest BCUT2D eigenvalue weighted by Gasteiger charge is -2.25. The molecule has 1 rings (SSSR count). The maximum Gasteiger partial charge on any atom is 0.407 e. The van der Waals surface area contributed by atoms with Crippen LogP contribution in [0.25, 0.3) is 0 Å². The maximum atomic E-state index is 11.7. The molecule has 0 fully saturated rings. The molecule has 0 aliphatic heterocycles. The summed E-state index contributed by atoms with van der Waals surface area (Å²) in [7, 11) is 0. The number of benzene rings is 1. The van der Waals surface area contributed by atoms with E-state index < -0.39 is 23.8 Å². The summed E-state index contributed by atoms with van der Waals surface area (Å²) in [6.45, 7) is 8.94. The second-order valence-corrected chi connectivity index (χ2v) is 5.51. The fraction of sp³-hybridized carbons (Fsp3) is 0.467. The topological polar surface area (TPSA) is 58.6 Å². The van der Waals surface area contributed by atoms with Crippen molar-refractivity contribution in [3.05, 3.63) is 42.8 Å². The second-order valence-electron chi connectivity index (χ2n) is 5.51. The van der Waals surface area contributed by atoms with Crippen LogP contribution >= 0.6 is 0 Å². The quantitative estimate of drug-likeness (QED) is 0.877. The largest absolute Gasteiger partial charge is 0.444 e. The molecule has 1 aromatic rings. The molecule has 0 aliphatic rings. The molecule has 19 heavy (non-hydrogen) atoms. The van der Waals surface area contributed by atoms with Crippen molar-refractivity contribution in [3.8, 4) is 0 Å². The Morgan fingerprint density at radius 3 is 2.42 bits per heavy atom. The molecule has 0 saturated heterocycles. The van der Waals surface area contributed by atoms with E-state index in [-0.39, 0.29) is 0 Å². The number of ether oxygens (including phenoxy) is 1. The van der Waals surface area contributed by atoms with E-state index in [9.17, 15) is 9.90 Å². The Labute approximate surface area is 114 Å². The number of aliphatic hydroxyl groups excluding tert-OH is 1. The Morgan fingerprint density at radius 1 is 1.37 bits per heavy atom. The molecule has 1 aromatic carbocycles. The van der Waals surface area contributed by atoms with Crippen LogP contribution in [0.15, 0.2) is 30.3 Å². The van der Waals surface area contributed by atoms with Crippen LogP contribution in [-0.2, 0) is 11.2 Å². The predicted octanol–water partition coefficient (Wildman–Crippen LogP) is 2.32. The third-order valence-electron chi connectivity index (χ3n) is 2.47. The van der Waals surface area contributed by atoms with Crippen LogP contribution in [0.2, 0.25) is 0 Å². The first-order valence-corrected chi connectivity index (χ1v) is 6.32. The summed E-state index contributed by atoms with van der Waals surface area (Å²) in [5.41, 5.74) is 0.458. The van der Waals surface area contributed by atoms with E-state index in [1.165, 1.54) is 0 Å². The van der Waals surface area contributed by atoms with Crippen LogP contribution in [0.5, 0.6) is 0 Å². The van der Waals surface area contributed by atoms with Crippen molar-refractivity contribution in [2.24, 2.45) is 0 Å². The summed E-state index contributed by atoms with van der Waals surface area (Å²) in [6.07, 6.45) is -0.936. The van der Waals surface area contributed by atoms with Crippen molar-refractivity contribution < 1.29 is 14.6 Å². The van der Waals surface area contributed by atoms with E-state index in [4.69, 9.17) is 4.74 Å². The van der Waals surface area contributed by atoms with Gasteiger partial charge in [-0.05, 0) is 39.7 Å². The maximum absolute atomic E-state index is 11.7. The van der Waals surface area contributed by atoms with E-state index in [1.807, 2.05) is 30.3 Å². The number of alkyl carbamates (subject to hydrolysis) is 1. The number of carbonyl (C=O) groups excluding carboxylic acids is 1. The molecule has 105 valence electrons. The SMILES string of the molecule is [CH2][C@@H](O)[C@H](Cc1ccccc1)NC(=O)OC(C)(C)C. The van der Waals surface area contributed by atoms with E-state index in [0.717, 1.165) is 5.56 Å². The lowest BCUT2D eigenvalue weighted by atomic mass is 10.0. The minimum absolute atomic E-state index is 0.475. The molecule has 0 aliphatic carbocycles. The van der Waals surface area contributed by atoms with Gasteiger partial charge >= 0.3 is 6.09 Å². The second kappa shape index (κ2) is 6.57. The molecule has 4 nitrogen and oxygen atoms in total. The van der Waals surface area contributed by atoms with Gasteiger partial charge in [-0.3, -0.25) is 0 Å². The molecule has 2 N–H and O–H groups in total. The third kappa shape index (κ3) is 6.25. The van der Waals surface area contributed by atoms with Crippen molar-refractivity contribution in [3.63, 3.8) is 0 Å². The standard InChI is InChI=1S/C15H22NO3/c1-11(17)13(10-12-8-6-5-7-9-12)16-14(18)19-15(2,3)4/h5-9,11,13,17H,1,10H2,2-4H3,(H,16,18)/t11-,13+/m1/s1. The van der Waals surface area contributed by atoms with Crippen molar-refractivity contribution in [2.45, 2.75) is 44.9 Å². The van der Waals surface area contributed by atoms with E-state index >= 15 is 0 Å². The Kier molecular flexibility index (Phi) is 5.36. The van der Waals surface area contributed by atoms with Crippen molar-refractivity contribution >= 4 is 6.09 Å². The molecule has 0 spiro atoms. The highest BCUT2D eigenvalue weighted by molar-refractivity contribution is 5.68. The number of hydrogen-bond donors (Lipinski definition) is 2. The van der Waals surface area contributed by atoms with Crippen LogP contribution in [0.4, 0.5) is 4.79 Å². The fourth-order valence-corrected chi connectivity index (χ4v) is 1.61. The summed E-state index contributed by atoms with van der Waals surface area (Å²) in [5.74, 6) is 0. The number of carbonyl (C=O) groups is 1. The molecular weight excluding hydrogens is 242 g/mol. The van der Waals surface area contributed by atoms with Crippen molar-refractivity contribution in [1.82, 2.24) is 5.32 Å². The summed E-state index contributed by atoms with van der Waals surface area (Å²) in [6, 6.07) is 9.14. The van der Waals surface area contributed by atoms with Gasteiger partial charge in [0.1, 0.15) is 5.60 Å². The minimum Gasteiger partial charge on any atom is -0.444 e. The monoisotopic (exact) mass is 264 g/mol. The molecular formula is C15H22NO3. The van der Waals surface area contributed by atoms with Gasteiger partial charge in [0.25, 0.3) is 0 Å². The van der Waals surface area contributed by atoms with Gasteiger partial charge in [-0.25, -0.2) is 4.79 Å². The average molecular weight is 264 g/mol. The van der Waals surface area contributed by atoms with Gasteiger partial charge in [0.05, 0.1) is 12.1 Å². The minimum atomic E-state index is -0.896. The molecule has 0 saturated carbocycles. The smallest absolute Gasteiger partial charge is 0.407 e. The molecule has 0 aromatic heterocycles. The molecule has 2 atom stereocenters. The number of aliphatic hydroxyl groups is 1. The highest BCUT2D eigenvalue weighted by atomic mass is 16.6. The zero-order valence-electron chi connectivity index (χ0n) is 11.7. The summed E-state index contributed by atoms with van der Waals surface area (Å²) >= 11 is 0. The first-order chi connectivity index (χ1) is 8.78. The Bertz CT molecular complexity index is 396. The van der Waals surface area contributed by atoms with Gasteiger partial charge in [-0.15, -0.1) is 0 Å². The van der Waals surface area contributed by atoms with E-state index in [2.05, 4.69) is 12.2 Å². The van der Waals surface area contributed by atoms with Crippen LogP contribution in [-0.4, -0.2) is 28.9 Å². The van der Waals surface area contributed by atoms with Gasteiger partial charge in [-0.2, -0.15) is 0 Å². The fourth-order valence-electron chi connectivity index (χ4n) is 1.61. The van der Waals surface area contributed by atoms with E-state index in [1.54, 1.807) is 20.8 Å². The molecule has 0 unspecified atom stereocenters. The first kappa shape index (κ1) is 15.5. The zero-order valence-corrected chi connectivity index (χ0v) is 11.7. The van der Waals surface area contributed by atoms with Crippen molar-refractivity contribution in [2.75, 3.05) is 0 Å². The molecule has 0 heterocycles. The predicted molar refractivity (Wildman–Crippen MR) is 74.7 cm³/mol. The van der Waals surface area contributed by atoms with Crippen LogP contribution in [0, 0.1) is 6.92 Å². The Balaban J connectivity index is 2.61. The van der Waals surface area contributed by atoms with Crippen molar-refractivity contribution in [1.29, 1.82) is 0 Å². The highest BCUT2D eigenvalue weighted by Gasteiger charge is 2.22. The Morgan fingerprint density at radius 2 is 1.95 bits per heavy atom. The van der Waals surface area contributed by atoms with Crippen LogP contribution < -0.4 is 5.32 Å². The van der Waals surface area contributed by atoms with Gasteiger partial charge in [0.15, 0.2) is 0 Å².